The number of likely N-dealkylation sites (tertiary alicyclic amines) is 1. The van der Waals surface area contributed by atoms with Gasteiger partial charge >= 0.3 is 0 Å². The minimum absolute atomic E-state index is 0.0478. The number of hydrogen-bond acceptors (Lipinski definition) is 6. The number of nitrogens with zero attached hydrogens (tertiary/aromatic N) is 2. The van der Waals surface area contributed by atoms with E-state index in [2.05, 4.69) is 15.6 Å². The van der Waals surface area contributed by atoms with E-state index < -0.39 is 29.0 Å². The van der Waals surface area contributed by atoms with Crippen molar-refractivity contribution in [1.82, 2.24) is 20.5 Å². The molecule has 0 saturated carbocycles. The Morgan fingerprint density at radius 3 is 2.22 bits per heavy atom. The van der Waals surface area contributed by atoms with E-state index in [4.69, 9.17) is 0 Å². The van der Waals surface area contributed by atoms with Crippen molar-refractivity contribution < 1.29 is 19.5 Å². The molecule has 3 rings (SSSR count). The molecule has 37 heavy (non-hydrogen) atoms. The first-order valence-corrected chi connectivity index (χ1v) is 13.6. The average Bonchev–Trinajstić information content (AvgIpc) is 3.40. The SMILES string of the molecule is Cc1ncsc1-c1ccc([C@@H](C)NC(=O)[C@@H]2C[C@@H](O)CN2C(=O)[C@H](NC(=O)C(C)(C)C)C(C)(C)C)cc1. The molecule has 0 radical (unpaired) electrons. The maximum absolute atomic E-state index is 13.7. The summed E-state index contributed by atoms with van der Waals surface area (Å²) >= 11 is 1.59. The van der Waals surface area contributed by atoms with Gasteiger partial charge in [-0.15, -0.1) is 11.3 Å². The van der Waals surface area contributed by atoms with Crippen LogP contribution in [-0.4, -0.2) is 57.4 Å². The van der Waals surface area contributed by atoms with Crippen molar-refractivity contribution in [1.29, 1.82) is 0 Å². The zero-order valence-corrected chi connectivity index (χ0v) is 23.9. The van der Waals surface area contributed by atoms with E-state index in [9.17, 15) is 19.5 Å². The van der Waals surface area contributed by atoms with E-state index in [1.807, 2.05) is 64.4 Å². The van der Waals surface area contributed by atoms with Crippen LogP contribution in [0.25, 0.3) is 10.4 Å². The van der Waals surface area contributed by atoms with Crippen LogP contribution in [0, 0.1) is 17.8 Å². The fraction of sp³-hybridized carbons (Fsp3) is 0.571. The van der Waals surface area contributed by atoms with E-state index in [1.165, 1.54) is 4.90 Å². The number of aliphatic hydroxyl groups is 1. The summed E-state index contributed by atoms with van der Waals surface area (Å²) in [5.74, 6) is -0.930. The van der Waals surface area contributed by atoms with Gasteiger partial charge in [0.25, 0.3) is 0 Å². The molecule has 202 valence electrons. The van der Waals surface area contributed by atoms with Crippen LogP contribution >= 0.6 is 11.3 Å². The molecule has 0 unspecified atom stereocenters. The second-order valence-electron chi connectivity index (χ2n) is 12.0. The van der Waals surface area contributed by atoms with E-state index in [0.717, 1.165) is 21.7 Å². The number of aromatic nitrogens is 1. The molecule has 3 N–H and O–H groups in total. The fourth-order valence-corrected chi connectivity index (χ4v) is 5.17. The Labute approximate surface area is 223 Å². The van der Waals surface area contributed by atoms with Crippen molar-refractivity contribution in [3.05, 3.63) is 41.0 Å². The van der Waals surface area contributed by atoms with Crippen molar-refractivity contribution in [2.45, 2.75) is 86.0 Å². The number of hydrogen-bond donors (Lipinski definition) is 3. The van der Waals surface area contributed by atoms with Crippen LogP contribution in [0.5, 0.6) is 0 Å². The first-order valence-electron chi connectivity index (χ1n) is 12.7. The predicted molar refractivity (Wildman–Crippen MR) is 146 cm³/mol. The Kier molecular flexibility index (Phi) is 8.49. The molecule has 1 aliphatic heterocycles. The lowest BCUT2D eigenvalue weighted by Gasteiger charge is -2.36. The lowest BCUT2D eigenvalue weighted by molar-refractivity contribution is -0.145. The first kappa shape index (κ1) is 28.8. The van der Waals surface area contributed by atoms with Crippen molar-refractivity contribution in [2.24, 2.45) is 10.8 Å². The molecule has 1 saturated heterocycles. The van der Waals surface area contributed by atoms with Gasteiger partial charge in [0.05, 0.1) is 28.2 Å². The number of β-amino-alcohol motifs (C(OH)–C–C–N with tert-alkyl or cyclic N) is 1. The Balaban J connectivity index is 1.74. The number of aliphatic hydroxyl groups excluding tert-OH is 1. The Morgan fingerprint density at radius 2 is 1.70 bits per heavy atom. The van der Waals surface area contributed by atoms with E-state index in [1.54, 1.807) is 32.1 Å². The second-order valence-corrected chi connectivity index (χ2v) is 12.9. The summed E-state index contributed by atoms with van der Waals surface area (Å²) in [5, 5.41) is 16.3. The van der Waals surface area contributed by atoms with Crippen LogP contribution in [0.3, 0.4) is 0 Å². The summed E-state index contributed by atoms with van der Waals surface area (Å²) in [6, 6.07) is 6.03. The molecule has 1 aromatic heterocycles. The zero-order valence-electron chi connectivity index (χ0n) is 23.1. The van der Waals surface area contributed by atoms with Crippen molar-refractivity contribution in [3.8, 4) is 10.4 Å². The highest BCUT2D eigenvalue weighted by atomic mass is 32.1. The number of amides is 3. The monoisotopic (exact) mass is 528 g/mol. The second kappa shape index (κ2) is 10.9. The Hall–Kier alpha value is -2.78. The van der Waals surface area contributed by atoms with Gasteiger partial charge < -0.3 is 20.6 Å². The van der Waals surface area contributed by atoms with Crippen LogP contribution in [0.2, 0.25) is 0 Å². The summed E-state index contributed by atoms with van der Waals surface area (Å²) in [6.45, 7) is 14.9. The molecule has 1 aliphatic rings. The number of rotatable bonds is 6. The number of aryl methyl sites for hydroxylation is 1. The summed E-state index contributed by atoms with van der Waals surface area (Å²) in [4.78, 5) is 46.6. The molecule has 2 aromatic rings. The minimum Gasteiger partial charge on any atom is -0.391 e. The van der Waals surface area contributed by atoms with E-state index >= 15 is 0 Å². The summed E-state index contributed by atoms with van der Waals surface area (Å²) in [5.41, 5.74) is 3.55. The Bertz CT molecular complexity index is 1130. The van der Waals surface area contributed by atoms with Crippen molar-refractivity contribution in [2.75, 3.05) is 6.54 Å². The summed E-state index contributed by atoms with van der Waals surface area (Å²) in [7, 11) is 0. The standard InChI is InChI=1S/C28H40N4O4S/c1-16(18-9-11-19(12-10-18)22-17(2)29-15-37-22)30-24(34)21-13-20(33)14-32(21)25(35)23(27(3,4)5)31-26(36)28(6,7)8/h9-12,15-16,20-21,23,33H,13-14H2,1-8H3,(H,30,34)(H,31,36)/t16-,20-,21+,23+/m1/s1. The fourth-order valence-electron chi connectivity index (χ4n) is 4.36. The quantitative estimate of drug-likeness (QED) is 0.528. The third kappa shape index (κ3) is 6.76. The van der Waals surface area contributed by atoms with E-state index in [-0.39, 0.29) is 36.7 Å². The third-order valence-electron chi connectivity index (χ3n) is 6.71. The molecule has 0 spiro atoms. The maximum Gasteiger partial charge on any atom is 0.246 e. The first-order chi connectivity index (χ1) is 17.1. The van der Waals surface area contributed by atoms with E-state index in [0.29, 0.717) is 0 Å². The number of carbonyl (C=O) groups is 3. The van der Waals surface area contributed by atoms with Crippen LogP contribution < -0.4 is 10.6 Å². The van der Waals surface area contributed by atoms with Gasteiger partial charge in [-0.05, 0) is 30.4 Å². The molecule has 1 fully saturated rings. The molecule has 0 bridgehead atoms. The Morgan fingerprint density at radius 1 is 1.08 bits per heavy atom. The molecule has 2 heterocycles. The van der Waals surface area contributed by atoms with Crippen LogP contribution in [0.1, 0.15) is 72.2 Å². The molecule has 0 aliphatic carbocycles. The van der Waals surface area contributed by atoms with Crippen molar-refractivity contribution >= 4 is 29.1 Å². The van der Waals surface area contributed by atoms with Crippen LogP contribution in [-0.2, 0) is 14.4 Å². The molecule has 3 amide bonds. The number of benzene rings is 1. The van der Waals surface area contributed by atoms with Gasteiger partial charge in [0.1, 0.15) is 12.1 Å². The number of thiazole rings is 1. The highest BCUT2D eigenvalue weighted by Gasteiger charge is 2.45. The van der Waals surface area contributed by atoms with Gasteiger partial charge in [0.2, 0.25) is 17.7 Å². The van der Waals surface area contributed by atoms with Crippen LogP contribution in [0.15, 0.2) is 29.8 Å². The molecule has 1 aromatic carbocycles. The molecule has 8 nitrogen and oxygen atoms in total. The zero-order chi connectivity index (χ0) is 27.7. The predicted octanol–water partition coefficient (Wildman–Crippen LogP) is 3.83. The van der Waals surface area contributed by atoms with Gasteiger partial charge in [-0.3, -0.25) is 14.4 Å². The van der Waals surface area contributed by atoms with Gasteiger partial charge in [-0.1, -0.05) is 65.8 Å². The molecule has 9 heteroatoms. The molecular formula is C28H40N4O4S. The largest absolute Gasteiger partial charge is 0.391 e. The lowest BCUT2D eigenvalue weighted by Crippen LogP contribution is -2.59. The average molecular weight is 529 g/mol. The number of nitrogens with one attached hydrogen (secondary N) is 2. The van der Waals surface area contributed by atoms with Crippen LogP contribution in [0.4, 0.5) is 0 Å². The lowest BCUT2D eigenvalue weighted by atomic mass is 9.84. The summed E-state index contributed by atoms with van der Waals surface area (Å²) in [6.07, 6.45) is -0.659. The third-order valence-corrected chi connectivity index (χ3v) is 7.69. The molecule has 4 atom stereocenters. The summed E-state index contributed by atoms with van der Waals surface area (Å²) < 4.78 is 0. The highest BCUT2D eigenvalue weighted by Crippen LogP contribution is 2.30. The topological polar surface area (TPSA) is 112 Å². The van der Waals surface area contributed by atoms with Gasteiger partial charge in [-0.2, -0.15) is 0 Å². The van der Waals surface area contributed by atoms with Gasteiger partial charge in [0.15, 0.2) is 0 Å². The number of carbonyl (C=O) groups excluding carboxylic acids is 3. The minimum atomic E-state index is -0.833. The maximum atomic E-state index is 13.7. The normalized spacial score (nSPS) is 19.9. The van der Waals surface area contributed by atoms with Crippen molar-refractivity contribution in [3.63, 3.8) is 0 Å². The van der Waals surface area contributed by atoms with Gasteiger partial charge in [-0.25, -0.2) is 4.98 Å². The molecular weight excluding hydrogens is 488 g/mol. The van der Waals surface area contributed by atoms with Gasteiger partial charge in [0, 0.05) is 18.4 Å². The smallest absolute Gasteiger partial charge is 0.246 e. The highest BCUT2D eigenvalue weighted by molar-refractivity contribution is 7.13.